The molecule has 1 aromatic heterocycles. The molecule has 0 atom stereocenters. The Bertz CT molecular complexity index is 1010. The van der Waals surface area contributed by atoms with Gasteiger partial charge >= 0.3 is 0 Å². The zero-order valence-electron chi connectivity index (χ0n) is 14.0. The second-order valence-corrected chi connectivity index (χ2v) is 7.49. The predicted molar refractivity (Wildman–Crippen MR) is 95.1 cm³/mol. The molecule has 0 fully saturated rings. The number of benzene rings is 2. The zero-order chi connectivity index (χ0) is 17.5. The Hall–Kier alpha value is -2.54. The van der Waals surface area contributed by atoms with Crippen LogP contribution in [0.1, 0.15) is 11.3 Å². The van der Waals surface area contributed by atoms with E-state index in [0.29, 0.717) is 16.7 Å². The van der Waals surface area contributed by atoms with Gasteiger partial charge in [-0.25, -0.2) is 8.42 Å². The minimum atomic E-state index is -3.78. The molecule has 7 heteroatoms. The predicted octanol–water partition coefficient (Wildman–Crippen LogP) is 3.31. The number of anilines is 2. The SMILES string of the molecule is Cc1onc(NS(=O)(=O)c2cccc3c(N(C)C)cccc23)c1C. The number of rotatable bonds is 4. The first-order valence-electron chi connectivity index (χ1n) is 7.46. The minimum Gasteiger partial charge on any atom is -0.377 e. The molecule has 0 bridgehead atoms. The Morgan fingerprint density at radius 3 is 2.33 bits per heavy atom. The molecule has 2 aromatic carbocycles. The summed E-state index contributed by atoms with van der Waals surface area (Å²) in [5.41, 5.74) is 1.63. The number of hydrogen-bond donors (Lipinski definition) is 1. The Kier molecular flexibility index (Phi) is 3.96. The van der Waals surface area contributed by atoms with Gasteiger partial charge in [-0.05, 0) is 26.0 Å². The molecule has 3 aromatic rings. The summed E-state index contributed by atoms with van der Waals surface area (Å²) >= 11 is 0. The number of sulfonamides is 1. The molecule has 0 saturated heterocycles. The number of hydrogen-bond acceptors (Lipinski definition) is 5. The number of nitrogens with zero attached hydrogens (tertiary/aromatic N) is 2. The maximum atomic E-state index is 12.9. The fourth-order valence-electron chi connectivity index (χ4n) is 2.58. The third-order valence-corrected chi connectivity index (χ3v) is 5.42. The maximum Gasteiger partial charge on any atom is 0.263 e. The van der Waals surface area contributed by atoms with Crippen LogP contribution in [0.2, 0.25) is 0 Å². The van der Waals surface area contributed by atoms with Gasteiger partial charge in [-0.2, -0.15) is 0 Å². The van der Waals surface area contributed by atoms with Crippen molar-refractivity contribution in [2.24, 2.45) is 0 Å². The van der Waals surface area contributed by atoms with Gasteiger partial charge in [0.1, 0.15) is 5.76 Å². The van der Waals surface area contributed by atoms with Gasteiger partial charge in [-0.3, -0.25) is 4.72 Å². The number of aromatic nitrogens is 1. The summed E-state index contributed by atoms with van der Waals surface area (Å²) in [5, 5.41) is 5.31. The topological polar surface area (TPSA) is 75.4 Å². The fraction of sp³-hybridized carbons (Fsp3) is 0.235. The lowest BCUT2D eigenvalue weighted by molar-refractivity contribution is 0.399. The van der Waals surface area contributed by atoms with Crippen LogP contribution in [0.3, 0.4) is 0 Å². The molecule has 0 amide bonds. The molecule has 1 N–H and O–H groups in total. The van der Waals surface area contributed by atoms with Crippen molar-refractivity contribution in [2.75, 3.05) is 23.7 Å². The molecule has 0 unspecified atom stereocenters. The second-order valence-electron chi connectivity index (χ2n) is 5.84. The van der Waals surface area contributed by atoms with Crippen LogP contribution in [-0.2, 0) is 10.0 Å². The molecule has 0 radical (unpaired) electrons. The summed E-state index contributed by atoms with van der Waals surface area (Å²) in [6, 6.07) is 10.9. The third kappa shape index (κ3) is 2.71. The van der Waals surface area contributed by atoms with E-state index in [9.17, 15) is 8.42 Å². The average molecular weight is 345 g/mol. The van der Waals surface area contributed by atoms with Crippen LogP contribution < -0.4 is 9.62 Å². The van der Waals surface area contributed by atoms with Crippen LogP contribution in [0.4, 0.5) is 11.5 Å². The van der Waals surface area contributed by atoms with Gasteiger partial charge in [0.05, 0.1) is 4.90 Å². The summed E-state index contributed by atoms with van der Waals surface area (Å²) in [6.45, 7) is 3.50. The first kappa shape index (κ1) is 16.3. The van der Waals surface area contributed by atoms with E-state index in [2.05, 4.69) is 9.88 Å². The van der Waals surface area contributed by atoms with Crippen molar-refractivity contribution in [2.45, 2.75) is 18.7 Å². The summed E-state index contributed by atoms with van der Waals surface area (Å²) in [6.07, 6.45) is 0. The zero-order valence-corrected chi connectivity index (χ0v) is 14.8. The Balaban J connectivity index is 2.15. The summed E-state index contributed by atoms with van der Waals surface area (Å²) in [4.78, 5) is 2.17. The van der Waals surface area contributed by atoms with Crippen molar-refractivity contribution in [3.63, 3.8) is 0 Å². The van der Waals surface area contributed by atoms with E-state index in [1.54, 1.807) is 32.0 Å². The van der Waals surface area contributed by atoms with Crippen molar-refractivity contribution >= 4 is 32.3 Å². The Morgan fingerprint density at radius 2 is 1.71 bits per heavy atom. The van der Waals surface area contributed by atoms with E-state index in [1.165, 1.54) is 0 Å². The van der Waals surface area contributed by atoms with Crippen molar-refractivity contribution < 1.29 is 12.9 Å². The van der Waals surface area contributed by atoms with Gasteiger partial charge in [0, 0.05) is 36.1 Å². The van der Waals surface area contributed by atoms with E-state index < -0.39 is 10.0 Å². The van der Waals surface area contributed by atoms with Crippen molar-refractivity contribution in [1.82, 2.24) is 5.16 Å². The second kappa shape index (κ2) is 5.83. The van der Waals surface area contributed by atoms with E-state index in [4.69, 9.17) is 4.52 Å². The molecular formula is C17H19N3O3S. The highest BCUT2D eigenvalue weighted by Gasteiger charge is 2.21. The van der Waals surface area contributed by atoms with Gasteiger partial charge in [0.2, 0.25) is 0 Å². The number of nitrogens with one attached hydrogen (secondary N) is 1. The van der Waals surface area contributed by atoms with Gasteiger partial charge < -0.3 is 9.42 Å². The Labute approximate surface area is 141 Å². The molecule has 24 heavy (non-hydrogen) atoms. The minimum absolute atomic E-state index is 0.212. The molecule has 1 heterocycles. The maximum absolute atomic E-state index is 12.9. The van der Waals surface area contributed by atoms with Crippen molar-refractivity contribution in [1.29, 1.82) is 0 Å². The molecule has 126 valence electrons. The smallest absolute Gasteiger partial charge is 0.263 e. The highest BCUT2D eigenvalue weighted by atomic mass is 32.2. The summed E-state index contributed by atoms with van der Waals surface area (Å²) in [5.74, 6) is 0.800. The molecule has 6 nitrogen and oxygen atoms in total. The largest absolute Gasteiger partial charge is 0.377 e. The van der Waals surface area contributed by atoms with Gasteiger partial charge in [-0.15, -0.1) is 0 Å². The monoisotopic (exact) mass is 345 g/mol. The van der Waals surface area contributed by atoms with E-state index in [-0.39, 0.29) is 10.7 Å². The molecule has 0 saturated carbocycles. The van der Waals surface area contributed by atoms with Crippen LogP contribution in [0, 0.1) is 13.8 Å². The quantitative estimate of drug-likeness (QED) is 0.785. The molecule has 0 aliphatic heterocycles. The van der Waals surface area contributed by atoms with Gasteiger partial charge in [0.25, 0.3) is 10.0 Å². The van der Waals surface area contributed by atoms with Crippen LogP contribution in [0.25, 0.3) is 10.8 Å². The standard InChI is InChI=1S/C17H19N3O3S/c1-11-12(2)23-18-17(11)19-24(21,22)16-10-6-7-13-14(16)8-5-9-15(13)20(3)4/h5-10H,1-4H3,(H,18,19). The highest BCUT2D eigenvalue weighted by Crippen LogP contribution is 2.31. The summed E-state index contributed by atoms with van der Waals surface area (Å²) < 4.78 is 33.3. The third-order valence-electron chi connectivity index (χ3n) is 4.02. The average Bonchev–Trinajstić information content (AvgIpc) is 2.85. The molecule has 0 aliphatic carbocycles. The van der Waals surface area contributed by atoms with E-state index >= 15 is 0 Å². The first-order valence-corrected chi connectivity index (χ1v) is 8.94. The van der Waals surface area contributed by atoms with Crippen molar-refractivity contribution in [3.05, 3.63) is 47.7 Å². The summed E-state index contributed by atoms with van der Waals surface area (Å²) in [7, 11) is 0.0701. The van der Waals surface area contributed by atoms with E-state index in [1.807, 2.05) is 37.2 Å². The highest BCUT2D eigenvalue weighted by molar-refractivity contribution is 7.93. The van der Waals surface area contributed by atoms with E-state index in [0.717, 1.165) is 11.1 Å². The molecular weight excluding hydrogens is 326 g/mol. The number of fused-ring (bicyclic) bond motifs is 1. The lowest BCUT2D eigenvalue weighted by Crippen LogP contribution is -2.15. The van der Waals surface area contributed by atoms with Crippen LogP contribution >= 0.6 is 0 Å². The molecule has 0 aliphatic rings. The van der Waals surface area contributed by atoms with Gasteiger partial charge in [0.15, 0.2) is 5.82 Å². The normalized spacial score (nSPS) is 11.7. The lowest BCUT2D eigenvalue weighted by Gasteiger charge is -2.17. The fourth-order valence-corrected chi connectivity index (χ4v) is 3.86. The van der Waals surface area contributed by atoms with Gasteiger partial charge in [-0.1, -0.05) is 29.4 Å². The van der Waals surface area contributed by atoms with Crippen molar-refractivity contribution in [3.8, 4) is 0 Å². The first-order chi connectivity index (χ1) is 11.3. The lowest BCUT2D eigenvalue weighted by atomic mass is 10.1. The number of aryl methyl sites for hydroxylation is 1. The molecule has 0 spiro atoms. The Morgan fingerprint density at radius 1 is 1.04 bits per heavy atom. The van der Waals surface area contributed by atoms with Crippen LogP contribution in [-0.4, -0.2) is 27.7 Å². The van der Waals surface area contributed by atoms with Crippen LogP contribution in [0.5, 0.6) is 0 Å². The van der Waals surface area contributed by atoms with Crippen LogP contribution in [0.15, 0.2) is 45.8 Å². The molecule has 3 rings (SSSR count).